The molecule has 0 unspecified atom stereocenters. The lowest BCUT2D eigenvalue weighted by atomic mass is 9.73. The molecular weight excluding hydrogens is 434 g/mol. The zero-order valence-electron chi connectivity index (χ0n) is 24.3. The monoisotopic (exact) mass is 495 g/mol. The van der Waals surface area contributed by atoms with E-state index in [4.69, 9.17) is 9.94 Å². The highest BCUT2D eigenvalue weighted by molar-refractivity contribution is 5.66. The summed E-state index contributed by atoms with van der Waals surface area (Å²) in [6.45, 7) is 12.7. The van der Waals surface area contributed by atoms with E-state index < -0.39 is 5.97 Å². The molecule has 1 fully saturated rings. The molecule has 1 aliphatic rings. The van der Waals surface area contributed by atoms with Gasteiger partial charge in [0, 0.05) is 17.5 Å². The van der Waals surface area contributed by atoms with Gasteiger partial charge in [0.05, 0.1) is 6.61 Å². The van der Waals surface area contributed by atoms with Crippen LogP contribution < -0.4 is 0 Å². The van der Waals surface area contributed by atoms with Crippen LogP contribution in [0.3, 0.4) is 0 Å². The molecule has 208 valence electrons. The zero-order valence-corrected chi connectivity index (χ0v) is 24.3. The molecule has 0 aromatic carbocycles. The number of nitrogens with zero attached hydrogens (tertiary/aromatic N) is 1. The average Bonchev–Trinajstić information content (AvgIpc) is 2.76. The third kappa shape index (κ3) is 15.3. The molecule has 0 atom stereocenters. The van der Waals surface area contributed by atoms with Gasteiger partial charge in [-0.1, -0.05) is 110 Å². The zero-order chi connectivity index (χ0) is 26.0. The molecule has 0 bridgehead atoms. The molecule has 0 saturated carbocycles. The van der Waals surface area contributed by atoms with Crippen LogP contribution in [0.15, 0.2) is 0 Å². The maximum Gasteiger partial charge on any atom is 0.303 e. The molecule has 1 N–H and O–H groups in total. The highest BCUT2D eigenvalue weighted by atomic mass is 16.7. The predicted octanol–water partition coefficient (Wildman–Crippen LogP) is 9.70. The van der Waals surface area contributed by atoms with Crippen molar-refractivity contribution in [2.45, 2.75) is 181 Å². The van der Waals surface area contributed by atoms with Gasteiger partial charge in [-0.05, 0) is 59.3 Å². The van der Waals surface area contributed by atoms with Crippen molar-refractivity contribution >= 4 is 5.97 Å². The van der Waals surface area contributed by atoms with Gasteiger partial charge in [-0.2, -0.15) is 5.06 Å². The Morgan fingerprint density at radius 1 is 0.714 bits per heavy atom. The number of carboxylic acid groups (broad SMARTS) is 1. The topological polar surface area (TPSA) is 49.8 Å². The summed E-state index contributed by atoms with van der Waals surface area (Å²) in [5, 5.41) is 11.0. The number of carbonyl (C=O) groups is 1. The van der Waals surface area contributed by atoms with E-state index in [1.807, 2.05) is 0 Å². The summed E-state index contributed by atoms with van der Waals surface area (Å²) in [4.78, 5) is 16.9. The second-order valence-electron chi connectivity index (χ2n) is 12.6. The van der Waals surface area contributed by atoms with Gasteiger partial charge in [-0.25, -0.2) is 0 Å². The Kier molecular flexibility index (Phi) is 17.2. The standard InChI is InChI=1S/C31H61NO3/c1-6-7-8-22-25-35-32-30(2,3)26-28(27-31(32,4)5)23-20-18-16-14-12-10-9-11-13-15-17-19-21-24-29(33)34/h28H,6-27H2,1-5H3,(H,33,34). The number of hydrogen-bond donors (Lipinski definition) is 1. The second kappa shape index (κ2) is 18.6. The van der Waals surface area contributed by atoms with Crippen molar-refractivity contribution in [3.8, 4) is 0 Å². The molecule has 0 spiro atoms. The molecule has 1 rings (SSSR count). The van der Waals surface area contributed by atoms with Crippen molar-refractivity contribution in [1.29, 1.82) is 0 Å². The average molecular weight is 496 g/mol. The lowest BCUT2D eigenvalue weighted by molar-refractivity contribution is -0.288. The van der Waals surface area contributed by atoms with Crippen molar-refractivity contribution in [3.63, 3.8) is 0 Å². The van der Waals surface area contributed by atoms with Crippen molar-refractivity contribution in [1.82, 2.24) is 5.06 Å². The fourth-order valence-electron chi connectivity index (χ4n) is 6.36. The van der Waals surface area contributed by atoms with Gasteiger partial charge in [0.2, 0.25) is 0 Å². The fraction of sp³-hybridized carbons (Fsp3) is 0.968. The van der Waals surface area contributed by atoms with Crippen LogP contribution in [0.25, 0.3) is 0 Å². The van der Waals surface area contributed by atoms with Crippen LogP contribution in [-0.4, -0.2) is 33.8 Å². The van der Waals surface area contributed by atoms with Crippen LogP contribution in [0.5, 0.6) is 0 Å². The molecule has 0 aromatic rings. The third-order valence-corrected chi connectivity index (χ3v) is 7.90. The Labute approximate surface area is 218 Å². The molecule has 4 nitrogen and oxygen atoms in total. The number of aliphatic carboxylic acids is 1. The van der Waals surface area contributed by atoms with Gasteiger partial charge in [0.1, 0.15) is 0 Å². The van der Waals surface area contributed by atoms with E-state index in [1.165, 1.54) is 116 Å². The Morgan fingerprint density at radius 3 is 1.60 bits per heavy atom. The Hall–Kier alpha value is -0.610. The first-order chi connectivity index (χ1) is 16.7. The number of piperidine rings is 1. The predicted molar refractivity (Wildman–Crippen MR) is 150 cm³/mol. The Morgan fingerprint density at radius 2 is 1.14 bits per heavy atom. The maximum atomic E-state index is 10.5. The first-order valence-electron chi connectivity index (χ1n) is 15.3. The summed E-state index contributed by atoms with van der Waals surface area (Å²) in [7, 11) is 0. The van der Waals surface area contributed by atoms with Crippen LogP contribution in [0.4, 0.5) is 0 Å². The minimum absolute atomic E-state index is 0.121. The second-order valence-corrected chi connectivity index (χ2v) is 12.6. The van der Waals surface area contributed by atoms with E-state index in [-0.39, 0.29) is 11.1 Å². The fourth-order valence-corrected chi connectivity index (χ4v) is 6.36. The van der Waals surface area contributed by atoms with Crippen molar-refractivity contribution in [2.24, 2.45) is 5.92 Å². The minimum atomic E-state index is -0.655. The van der Waals surface area contributed by atoms with E-state index in [9.17, 15) is 4.79 Å². The van der Waals surface area contributed by atoms with E-state index in [0.29, 0.717) is 6.42 Å². The molecule has 1 heterocycles. The van der Waals surface area contributed by atoms with Crippen molar-refractivity contribution in [2.75, 3.05) is 6.61 Å². The molecular formula is C31H61NO3. The number of carboxylic acids is 1. The third-order valence-electron chi connectivity index (χ3n) is 7.90. The van der Waals surface area contributed by atoms with Gasteiger partial charge in [-0.3, -0.25) is 9.63 Å². The Bertz CT molecular complexity index is 513. The van der Waals surface area contributed by atoms with E-state index in [0.717, 1.165) is 25.4 Å². The first-order valence-corrected chi connectivity index (χ1v) is 15.3. The molecule has 0 radical (unpaired) electrons. The molecule has 0 aromatic heterocycles. The molecule has 1 saturated heterocycles. The largest absolute Gasteiger partial charge is 0.481 e. The molecule has 0 aliphatic carbocycles. The summed E-state index contributed by atoms with van der Waals surface area (Å²) in [6, 6.07) is 0. The van der Waals surface area contributed by atoms with Crippen molar-refractivity contribution in [3.05, 3.63) is 0 Å². The summed E-state index contributed by atoms with van der Waals surface area (Å²) in [5.74, 6) is 0.168. The number of hydrogen-bond acceptors (Lipinski definition) is 3. The summed E-state index contributed by atoms with van der Waals surface area (Å²) >= 11 is 0. The van der Waals surface area contributed by atoms with Crippen LogP contribution in [0.2, 0.25) is 0 Å². The maximum absolute atomic E-state index is 10.5. The first kappa shape index (κ1) is 32.4. The number of rotatable bonds is 22. The van der Waals surface area contributed by atoms with E-state index in [1.54, 1.807) is 0 Å². The van der Waals surface area contributed by atoms with Gasteiger partial charge in [0.25, 0.3) is 0 Å². The molecule has 0 amide bonds. The molecule has 4 heteroatoms. The minimum Gasteiger partial charge on any atom is -0.481 e. The van der Waals surface area contributed by atoms with Crippen LogP contribution in [-0.2, 0) is 9.63 Å². The van der Waals surface area contributed by atoms with Gasteiger partial charge >= 0.3 is 5.97 Å². The Balaban J connectivity index is 2.04. The van der Waals surface area contributed by atoms with E-state index >= 15 is 0 Å². The van der Waals surface area contributed by atoms with E-state index in [2.05, 4.69) is 39.7 Å². The van der Waals surface area contributed by atoms with Crippen LogP contribution in [0, 0.1) is 5.92 Å². The lowest BCUT2D eigenvalue weighted by Gasteiger charge is -2.54. The van der Waals surface area contributed by atoms with Gasteiger partial charge < -0.3 is 5.11 Å². The summed E-state index contributed by atoms with van der Waals surface area (Å²) in [6.07, 6.45) is 26.1. The van der Waals surface area contributed by atoms with Crippen LogP contribution >= 0.6 is 0 Å². The van der Waals surface area contributed by atoms with Crippen LogP contribution in [0.1, 0.15) is 169 Å². The highest BCUT2D eigenvalue weighted by Crippen LogP contribution is 2.43. The summed E-state index contributed by atoms with van der Waals surface area (Å²) in [5.41, 5.74) is 0.241. The normalized spacial score (nSPS) is 18.2. The molecule has 1 aliphatic heterocycles. The number of hydroxylamine groups is 2. The van der Waals surface area contributed by atoms with Gasteiger partial charge in [-0.15, -0.1) is 0 Å². The van der Waals surface area contributed by atoms with Gasteiger partial charge in [0.15, 0.2) is 0 Å². The quantitative estimate of drug-likeness (QED) is 0.152. The lowest BCUT2D eigenvalue weighted by Crippen LogP contribution is -2.60. The molecule has 35 heavy (non-hydrogen) atoms. The summed E-state index contributed by atoms with van der Waals surface area (Å²) < 4.78 is 0. The highest BCUT2D eigenvalue weighted by Gasteiger charge is 2.46. The smallest absolute Gasteiger partial charge is 0.303 e. The number of unbranched alkanes of at least 4 members (excludes halogenated alkanes) is 15. The SMILES string of the molecule is CCCCCCON1C(C)(C)CC(CCCCCCCCCCCCCCCC(=O)O)CC1(C)C. The van der Waals surface area contributed by atoms with Crippen molar-refractivity contribution < 1.29 is 14.7 Å².